The zero-order chi connectivity index (χ0) is 21.6. The molecule has 1 N–H and O–H groups in total. The average Bonchev–Trinajstić information content (AvgIpc) is 3.21. The van der Waals surface area contributed by atoms with Crippen LogP contribution in [0.5, 0.6) is 0 Å². The zero-order valence-electron chi connectivity index (χ0n) is 16.8. The molecule has 1 fully saturated rings. The van der Waals surface area contributed by atoms with E-state index in [1.807, 2.05) is 48.5 Å². The Kier molecular flexibility index (Phi) is 6.11. The SMILES string of the molecule is O=C(Cc1noc2ccccc12)OCC(=O)N1CCN(C(=O)Nc2ccccc2)CC1. The number of nitrogens with zero attached hydrogens (tertiary/aromatic N) is 3. The number of amides is 3. The third kappa shape index (κ3) is 5.00. The van der Waals surface area contributed by atoms with E-state index in [0.29, 0.717) is 37.5 Å². The topological polar surface area (TPSA) is 105 Å². The second-order valence-corrected chi connectivity index (χ2v) is 7.13. The summed E-state index contributed by atoms with van der Waals surface area (Å²) in [4.78, 5) is 40.1. The first-order valence-corrected chi connectivity index (χ1v) is 9.98. The van der Waals surface area contributed by atoms with Crippen LogP contribution in [0.4, 0.5) is 10.5 Å². The normalized spacial score (nSPS) is 13.8. The first-order chi connectivity index (χ1) is 15.1. The van der Waals surface area contributed by atoms with Gasteiger partial charge in [0.2, 0.25) is 0 Å². The Labute approximate surface area is 178 Å². The number of benzene rings is 2. The highest BCUT2D eigenvalue weighted by atomic mass is 16.5. The van der Waals surface area contributed by atoms with E-state index in [2.05, 4.69) is 10.5 Å². The molecule has 0 unspecified atom stereocenters. The van der Waals surface area contributed by atoms with E-state index in [0.717, 1.165) is 11.1 Å². The van der Waals surface area contributed by atoms with E-state index in [1.165, 1.54) is 0 Å². The van der Waals surface area contributed by atoms with E-state index in [9.17, 15) is 14.4 Å². The van der Waals surface area contributed by atoms with Crippen LogP contribution in [0.25, 0.3) is 11.0 Å². The second-order valence-electron chi connectivity index (χ2n) is 7.13. The van der Waals surface area contributed by atoms with Crippen LogP contribution in [0, 0.1) is 0 Å². The van der Waals surface area contributed by atoms with Crippen molar-refractivity contribution < 1.29 is 23.6 Å². The van der Waals surface area contributed by atoms with E-state index < -0.39 is 5.97 Å². The molecule has 1 aliphatic heterocycles. The molecule has 0 aliphatic carbocycles. The molecule has 1 saturated heterocycles. The maximum Gasteiger partial charge on any atom is 0.321 e. The van der Waals surface area contributed by atoms with E-state index in [1.54, 1.807) is 15.9 Å². The van der Waals surface area contributed by atoms with E-state index in [-0.39, 0.29) is 25.0 Å². The molecule has 31 heavy (non-hydrogen) atoms. The first-order valence-electron chi connectivity index (χ1n) is 9.98. The van der Waals surface area contributed by atoms with Gasteiger partial charge in [0.05, 0.1) is 6.42 Å². The Morgan fingerprint density at radius 2 is 1.61 bits per heavy atom. The molecular weight excluding hydrogens is 400 g/mol. The van der Waals surface area contributed by atoms with Crippen molar-refractivity contribution in [1.29, 1.82) is 0 Å². The molecular formula is C22H22N4O5. The molecule has 2 aromatic carbocycles. The van der Waals surface area contributed by atoms with Crippen molar-refractivity contribution in [3.05, 3.63) is 60.3 Å². The van der Waals surface area contributed by atoms with Gasteiger partial charge < -0.3 is 24.4 Å². The Hall–Kier alpha value is -3.88. The summed E-state index contributed by atoms with van der Waals surface area (Å²) in [5.41, 5.74) is 1.79. The predicted octanol–water partition coefficient (Wildman–Crippen LogP) is 2.29. The molecule has 4 rings (SSSR count). The van der Waals surface area contributed by atoms with Crippen LogP contribution in [0.2, 0.25) is 0 Å². The molecule has 0 radical (unpaired) electrons. The minimum atomic E-state index is -0.548. The fraction of sp³-hybridized carbons (Fsp3) is 0.273. The van der Waals surface area contributed by atoms with Gasteiger partial charge in [-0.2, -0.15) is 0 Å². The van der Waals surface area contributed by atoms with Gasteiger partial charge in [-0.3, -0.25) is 9.59 Å². The van der Waals surface area contributed by atoms with Crippen LogP contribution in [-0.2, 0) is 20.7 Å². The number of piperazine rings is 1. The molecule has 3 aromatic rings. The summed E-state index contributed by atoms with van der Waals surface area (Å²) >= 11 is 0. The van der Waals surface area contributed by atoms with Crippen LogP contribution in [-0.4, -0.2) is 65.6 Å². The number of ether oxygens (including phenoxy) is 1. The number of urea groups is 1. The molecule has 1 aliphatic rings. The van der Waals surface area contributed by atoms with Crippen molar-refractivity contribution in [2.45, 2.75) is 6.42 Å². The Morgan fingerprint density at radius 1 is 0.935 bits per heavy atom. The summed E-state index contributed by atoms with van der Waals surface area (Å²) in [5, 5.41) is 7.47. The van der Waals surface area contributed by atoms with Gasteiger partial charge in [-0.1, -0.05) is 35.5 Å². The number of anilines is 1. The van der Waals surface area contributed by atoms with Gasteiger partial charge in [0.25, 0.3) is 5.91 Å². The summed E-state index contributed by atoms with van der Waals surface area (Å²) in [6.07, 6.45) is -0.0717. The quantitative estimate of drug-likeness (QED) is 0.633. The second kappa shape index (κ2) is 9.29. The molecule has 3 amide bonds. The number of nitrogens with one attached hydrogen (secondary N) is 1. The number of fused-ring (bicyclic) bond motifs is 1. The smallest absolute Gasteiger partial charge is 0.321 e. The summed E-state index contributed by atoms with van der Waals surface area (Å²) in [7, 11) is 0. The summed E-state index contributed by atoms with van der Waals surface area (Å²) in [6, 6.07) is 16.2. The number of hydrogen-bond acceptors (Lipinski definition) is 6. The summed E-state index contributed by atoms with van der Waals surface area (Å²) in [6.45, 7) is 1.23. The van der Waals surface area contributed by atoms with Crippen molar-refractivity contribution in [2.24, 2.45) is 0 Å². The summed E-state index contributed by atoms with van der Waals surface area (Å²) < 4.78 is 10.3. The number of esters is 1. The van der Waals surface area contributed by atoms with Gasteiger partial charge in [-0.25, -0.2) is 4.79 Å². The van der Waals surface area contributed by atoms with Gasteiger partial charge >= 0.3 is 12.0 Å². The van der Waals surface area contributed by atoms with Crippen molar-refractivity contribution in [3.63, 3.8) is 0 Å². The number of carbonyl (C=O) groups is 3. The van der Waals surface area contributed by atoms with Crippen LogP contribution in [0.3, 0.4) is 0 Å². The maximum absolute atomic E-state index is 12.4. The van der Waals surface area contributed by atoms with E-state index >= 15 is 0 Å². The first kappa shape index (κ1) is 20.4. The van der Waals surface area contributed by atoms with E-state index in [4.69, 9.17) is 9.26 Å². The fourth-order valence-electron chi connectivity index (χ4n) is 3.37. The van der Waals surface area contributed by atoms with Crippen LogP contribution in [0.1, 0.15) is 5.69 Å². The van der Waals surface area contributed by atoms with Gasteiger partial charge in [0.1, 0.15) is 5.69 Å². The lowest BCUT2D eigenvalue weighted by Crippen LogP contribution is -2.52. The molecule has 160 valence electrons. The Morgan fingerprint density at radius 3 is 2.39 bits per heavy atom. The molecule has 0 bridgehead atoms. The van der Waals surface area contributed by atoms with Gasteiger partial charge in [-0.15, -0.1) is 0 Å². The number of carbonyl (C=O) groups excluding carboxylic acids is 3. The minimum absolute atomic E-state index is 0.0717. The number of rotatable bonds is 5. The highest BCUT2D eigenvalue weighted by Crippen LogP contribution is 2.18. The molecule has 9 nitrogen and oxygen atoms in total. The average molecular weight is 422 g/mol. The van der Waals surface area contributed by atoms with Crippen molar-refractivity contribution in [2.75, 3.05) is 38.1 Å². The largest absolute Gasteiger partial charge is 0.455 e. The number of hydrogen-bond donors (Lipinski definition) is 1. The monoisotopic (exact) mass is 422 g/mol. The third-order valence-electron chi connectivity index (χ3n) is 5.07. The van der Waals surface area contributed by atoms with Crippen molar-refractivity contribution >= 4 is 34.6 Å². The molecule has 9 heteroatoms. The standard InChI is InChI=1S/C22H22N4O5/c27-20(15-30-21(28)14-18-17-8-4-5-9-19(17)31-24-18)25-10-12-26(13-11-25)22(29)23-16-6-2-1-3-7-16/h1-9H,10-15H2,(H,23,29). The zero-order valence-corrected chi connectivity index (χ0v) is 16.8. The Bertz CT molecular complexity index is 1070. The van der Waals surface area contributed by atoms with Gasteiger partial charge in [0, 0.05) is 37.3 Å². The van der Waals surface area contributed by atoms with Gasteiger partial charge in [0.15, 0.2) is 12.2 Å². The highest BCUT2D eigenvalue weighted by Gasteiger charge is 2.25. The van der Waals surface area contributed by atoms with Crippen LogP contribution >= 0.6 is 0 Å². The minimum Gasteiger partial charge on any atom is -0.455 e. The fourth-order valence-corrected chi connectivity index (χ4v) is 3.37. The molecule has 2 heterocycles. The molecule has 0 atom stereocenters. The maximum atomic E-state index is 12.4. The molecule has 0 saturated carbocycles. The third-order valence-corrected chi connectivity index (χ3v) is 5.07. The number of aromatic nitrogens is 1. The lowest BCUT2D eigenvalue weighted by Gasteiger charge is -2.34. The van der Waals surface area contributed by atoms with Gasteiger partial charge in [-0.05, 0) is 24.3 Å². The van der Waals surface area contributed by atoms with Crippen molar-refractivity contribution in [3.8, 4) is 0 Å². The molecule has 1 aromatic heterocycles. The Balaban J connectivity index is 1.21. The molecule has 0 spiro atoms. The number of para-hydroxylation sites is 2. The summed E-state index contributed by atoms with van der Waals surface area (Å²) in [5.74, 6) is -0.838. The predicted molar refractivity (Wildman–Crippen MR) is 112 cm³/mol. The lowest BCUT2D eigenvalue weighted by atomic mass is 10.2. The lowest BCUT2D eigenvalue weighted by molar-refractivity contribution is -0.152. The highest BCUT2D eigenvalue weighted by molar-refractivity contribution is 5.89. The van der Waals surface area contributed by atoms with Crippen LogP contribution in [0.15, 0.2) is 59.1 Å². The van der Waals surface area contributed by atoms with Crippen LogP contribution < -0.4 is 5.32 Å². The van der Waals surface area contributed by atoms with Crippen molar-refractivity contribution in [1.82, 2.24) is 15.0 Å².